The Hall–Kier alpha value is -0.840. The molecule has 4 nitrogen and oxygen atoms in total. The molecular formula is C13H23NO3S. The number of nitrogens with one attached hydrogen (secondary N) is 1. The average Bonchev–Trinajstić information content (AvgIpc) is 2.28. The maximum Gasteiger partial charge on any atom is 0.220 e. The zero-order chi connectivity index (χ0) is 13.4. The molecule has 0 aromatic rings. The van der Waals surface area contributed by atoms with Gasteiger partial charge in [-0.05, 0) is 38.5 Å². The monoisotopic (exact) mass is 273 g/mol. The van der Waals surface area contributed by atoms with Crippen LogP contribution in [0, 0.1) is 0 Å². The van der Waals surface area contributed by atoms with Crippen molar-refractivity contribution < 1.29 is 13.2 Å². The highest BCUT2D eigenvalue weighted by molar-refractivity contribution is 7.90. The van der Waals surface area contributed by atoms with Crippen molar-refractivity contribution >= 4 is 15.7 Å². The number of hydrogen-bond donors (Lipinski definition) is 1. The van der Waals surface area contributed by atoms with Crippen LogP contribution < -0.4 is 5.32 Å². The first-order valence-corrected chi connectivity index (χ1v) is 8.66. The second kappa shape index (κ2) is 7.56. The van der Waals surface area contributed by atoms with Crippen LogP contribution in [-0.2, 0) is 14.6 Å². The lowest BCUT2D eigenvalue weighted by Crippen LogP contribution is -2.25. The minimum atomic E-state index is -2.95. The van der Waals surface area contributed by atoms with E-state index >= 15 is 0 Å². The third kappa shape index (κ3) is 7.48. The van der Waals surface area contributed by atoms with Crippen LogP contribution in [0.2, 0.25) is 0 Å². The topological polar surface area (TPSA) is 63.2 Å². The van der Waals surface area contributed by atoms with Gasteiger partial charge in [0, 0.05) is 19.2 Å². The van der Waals surface area contributed by atoms with E-state index in [1.807, 2.05) is 0 Å². The van der Waals surface area contributed by atoms with Crippen molar-refractivity contribution in [3.63, 3.8) is 0 Å². The highest BCUT2D eigenvalue weighted by Gasteiger charge is 2.07. The number of carbonyl (C=O) groups excluding carboxylic acids is 1. The van der Waals surface area contributed by atoms with Crippen molar-refractivity contribution in [3.8, 4) is 0 Å². The summed E-state index contributed by atoms with van der Waals surface area (Å²) in [6.07, 6.45) is 9.97. The van der Waals surface area contributed by atoms with Gasteiger partial charge in [0.2, 0.25) is 5.91 Å². The highest BCUT2D eigenvalue weighted by atomic mass is 32.2. The van der Waals surface area contributed by atoms with Gasteiger partial charge in [0.1, 0.15) is 9.84 Å². The predicted octanol–water partition coefficient (Wildman–Crippen LogP) is 1.82. The summed E-state index contributed by atoms with van der Waals surface area (Å²) in [7, 11) is -2.95. The smallest absolute Gasteiger partial charge is 0.220 e. The van der Waals surface area contributed by atoms with Crippen molar-refractivity contribution in [2.45, 2.75) is 44.9 Å². The lowest BCUT2D eigenvalue weighted by atomic mass is 9.97. The summed E-state index contributed by atoms with van der Waals surface area (Å²) in [5, 5.41) is 2.84. The van der Waals surface area contributed by atoms with Crippen LogP contribution in [0.1, 0.15) is 44.9 Å². The second-order valence-corrected chi connectivity index (χ2v) is 7.20. The van der Waals surface area contributed by atoms with Crippen LogP contribution in [-0.4, -0.2) is 32.9 Å². The summed E-state index contributed by atoms with van der Waals surface area (Å²) in [5.41, 5.74) is 1.44. The van der Waals surface area contributed by atoms with Crippen LogP contribution >= 0.6 is 0 Å². The third-order valence-corrected chi connectivity index (χ3v) is 4.10. The van der Waals surface area contributed by atoms with Crippen molar-refractivity contribution in [3.05, 3.63) is 11.6 Å². The molecule has 1 aliphatic rings. The Morgan fingerprint density at radius 3 is 2.78 bits per heavy atom. The zero-order valence-electron chi connectivity index (χ0n) is 11.1. The van der Waals surface area contributed by atoms with Crippen molar-refractivity contribution in [2.75, 3.05) is 18.6 Å². The van der Waals surface area contributed by atoms with E-state index in [2.05, 4.69) is 11.4 Å². The molecule has 0 spiro atoms. The molecule has 104 valence electrons. The largest absolute Gasteiger partial charge is 0.356 e. The number of sulfone groups is 1. The lowest BCUT2D eigenvalue weighted by Gasteiger charge is -2.12. The van der Waals surface area contributed by atoms with Gasteiger partial charge in [0.15, 0.2) is 0 Å². The Morgan fingerprint density at radius 1 is 1.39 bits per heavy atom. The first-order valence-electron chi connectivity index (χ1n) is 6.60. The van der Waals surface area contributed by atoms with Gasteiger partial charge >= 0.3 is 0 Å². The normalized spacial score (nSPS) is 16.2. The highest BCUT2D eigenvalue weighted by Crippen LogP contribution is 2.19. The maximum atomic E-state index is 11.4. The summed E-state index contributed by atoms with van der Waals surface area (Å²) >= 11 is 0. The third-order valence-electron chi connectivity index (χ3n) is 3.07. The molecular weight excluding hydrogens is 250 g/mol. The molecule has 0 bridgehead atoms. The summed E-state index contributed by atoms with van der Waals surface area (Å²) in [4.78, 5) is 11.4. The first kappa shape index (κ1) is 15.2. The molecule has 0 radical (unpaired) electrons. The fraction of sp³-hybridized carbons (Fsp3) is 0.769. The van der Waals surface area contributed by atoms with E-state index in [1.165, 1.54) is 24.7 Å². The quantitative estimate of drug-likeness (QED) is 0.720. The number of amides is 1. The molecule has 0 aromatic heterocycles. The Morgan fingerprint density at radius 2 is 2.17 bits per heavy atom. The number of hydrogen-bond acceptors (Lipinski definition) is 3. The fourth-order valence-electron chi connectivity index (χ4n) is 2.08. The van der Waals surface area contributed by atoms with Gasteiger partial charge in [-0.2, -0.15) is 0 Å². The summed E-state index contributed by atoms with van der Waals surface area (Å²) in [6.45, 7) is 0.670. The average molecular weight is 273 g/mol. The van der Waals surface area contributed by atoms with Crippen LogP contribution in [0.5, 0.6) is 0 Å². The van der Waals surface area contributed by atoms with E-state index < -0.39 is 9.84 Å². The van der Waals surface area contributed by atoms with Gasteiger partial charge in [0.05, 0.1) is 5.75 Å². The summed E-state index contributed by atoms with van der Waals surface area (Å²) < 4.78 is 21.8. The van der Waals surface area contributed by atoms with E-state index in [0.717, 1.165) is 19.3 Å². The minimum absolute atomic E-state index is 0.0462. The van der Waals surface area contributed by atoms with Gasteiger partial charge in [-0.15, -0.1) is 0 Å². The van der Waals surface area contributed by atoms with E-state index in [0.29, 0.717) is 19.4 Å². The Bertz CT molecular complexity index is 398. The van der Waals surface area contributed by atoms with Crippen LogP contribution in [0.3, 0.4) is 0 Å². The lowest BCUT2D eigenvalue weighted by molar-refractivity contribution is -0.121. The van der Waals surface area contributed by atoms with Crippen LogP contribution in [0.25, 0.3) is 0 Å². The van der Waals surface area contributed by atoms with Gasteiger partial charge in [-0.1, -0.05) is 11.6 Å². The molecule has 5 heteroatoms. The molecule has 0 aliphatic heterocycles. The predicted molar refractivity (Wildman–Crippen MR) is 73.1 cm³/mol. The van der Waals surface area contributed by atoms with Gasteiger partial charge < -0.3 is 5.32 Å². The summed E-state index contributed by atoms with van der Waals surface area (Å²) in [6, 6.07) is 0. The molecule has 0 unspecified atom stereocenters. The summed E-state index contributed by atoms with van der Waals surface area (Å²) in [5.74, 6) is 0.0426. The minimum Gasteiger partial charge on any atom is -0.356 e. The molecule has 0 saturated heterocycles. The van der Waals surface area contributed by atoms with Crippen LogP contribution in [0.4, 0.5) is 0 Å². The van der Waals surface area contributed by atoms with Crippen molar-refractivity contribution in [2.24, 2.45) is 0 Å². The first-order chi connectivity index (χ1) is 8.47. The molecule has 1 rings (SSSR count). The van der Waals surface area contributed by atoms with Gasteiger partial charge in [0.25, 0.3) is 0 Å². The van der Waals surface area contributed by atoms with Crippen molar-refractivity contribution in [1.82, 2.24) is 5.32 Å². The molecule has 0 fully saturated rings. The fourth-order valence-corrected chi connectivity index (χ4v) is 2.75. The number of carbonyl (C=O) groups is 1. The van der Waals surface area contributed by atoms with E-state index in [-0.39, 0.29) is 11.7 Å². The van der Waals surface area contributed by atoms with Crippen molar-refractivity contribution in [1.29, 1.82) is 0 Å². The Balaban J connectivity index is 2.08. The van der Waals surface area contributed by atoms with Gasteiger partial charge in [-0.3, -0.25) is 4.79 Å². The molecule has 0 saturated carbocycles. The molecule has 1 aliphatic carbocycles. The van der Waals surface area contributed by atoms with E-state index in [4.69, 9.17) is 0 Å². The Kier molecular flexibility index (Phi) is 6.39. The molecule has 0 aromatic carbocycles. The second-order valence-electron chi connectivity index (χ2n) is 4.94. The van der Waals surface area contributed by atoms with E-state index in [9.17, 15) is 13.2 Å². The molecule has 1 amide bonds. The Labute approximate surface area is 110 Å². The van der Waals surface area contributed by atoms with E-state index in [1.54, 1.807) is 0 Å². The molecule has 18 heavy (non-hydrogen) atoms. The molecule has 1 N–H and O–H groups in total. The number of rotatable bonds is 7. The SMILES string of the molecule is CS(=O)(=O)CCCC(=O)NCCC1=CCCCC1. The van der Waals surface area contributed by atoms with Gasteiger partial charge in [-0.25, -0.2) is 8.42 Å². The number of allylic oxidation sites excluding steroid dienone is 1. The molecule has 0 heterocycles. The van der Waals surface area contributed by atoms with Crippen LogP contribution in [0.15, 0.2) is 11.6 Å². The molecule has 0 atom stereocenters. The maximum absolute atomic E-state index is 11.4. The zero-order valence-corrected chi connectivity index (χ0v) is 11.9. The standard InChI is InChI=1S/C13H23NO3S/c1-18(16,17)11-5-8-13(15)14-10-9-12-6-3-2-4-7-12/h6H,2-5,7-11H2,1H3,(H,14,15).